The Morgan fingerprint density at radius 1 is 1.12 bits per heavy atom. The third-order valence-corrected chi connectivity index (χ3v) is 4.52. The molecule has 7 heteroatoms. The fourth-order valence-corrected chi connectivity index (χ4v) is 2.82. The molecule has 0 aliphatic carbocycles. The molecule has 0 spiro atoms. The summed E-state index contributed by atoms with van der Waals surface area (Å²) in [5, 5.41) is 6.80. The second-order valence-corrected chi connectivity index (χ2v) is 7.43. The molecule has 1 atom stereocenters. The summed E-state index contributed by atoms with van der Waals surface area (Å²) in [5.74, 6) is 2.63. The lowest BCUT2D eigenvalue weighted by atomic mass is 10.0. The van der Waals surface area contributed by atoms with Crippen LogP contribution in [0, 0.1) is 25.2 Å². The van der Waals surface area contributed by atoms with E-state index in [0.717, 1.165) is 5.56 Å². The number of terminal acetylenes is 1. The minimum Gasteiger partial charge on any atom is -0.490 e. The van der Waals surface area contributed by atoms with Crippen molar-refractivity contribution < 1.29 is 19.1 Å². The molecule has 0 bridgehead atoms. The van der Waals surface area contributed by atoms with Gasteiger partial charge in [0.2, 0.25) is 0 Å². The van der Waals surface area contributed by atoms with Crippen LogP contribution in [0.3, 0.4) is 0 Å². The zero-order valence-electron chi connectivity index (χ0n) is 18.8. The van der Waals surface area contributed by atoms with Gasteiger partial charge in [0.25, 0.3) is 11.8 Å². The topological polar surface area (TPSA) is 89.0 Å². The van der Waals surface area contributed by atoms with Crippen molar-refractivity contribution in [2.45, 2.75) is 33.7 Å². The fourth-order valence-electron chi connectivity index (χ4n) is 2.82. The molecule has 2 rings (SSSR count). The first-order valence-corrected chi connectivity index (χ1v) is 10.4. The summed E-state index contributed by atoms with van der Waals surface area (Å²) in [6.07, 6.45) is 6.73. The van der Waals surface area contributed by atoms with Gasteiger partial charge in [-0.05, 0) is 55.7 Å². The Balaban J connectivity index is 2.04. The largest absolute Gasteiger partial charge is 0.490 e. The van der Waals surface area contributed by atoms with E-state index in [1.54, 1.807) is 30.3 Å². The molecule has 0 aliphatic heterocycles. The Bertz CT molecular complexity index is 991. The summed E-state index contributed by atoms with van der Waals surface area (Å²) in [6, 6.07) is 11.7. The number of carbonyl (C=O) groups excluding carboxylic acids is 2. The first kappa shape index (κ1) is 24.5. The molecular formula is C25H29N3O4. The van der Waals surface area contributed by atoms with E-state index in [9.17, 15) is 9.59 Å². The van der Waals surface area contributed by atoms with Crippen molar-refractivity contribution in [2.24, 2.45) is 11.0 Å². The van der Waals surface area contributed by atoms with Crippen LogP contribution in [0.4, 0.5) is 0 Å². The van der Waals surface area contributed by atoms with E-state index in [1.807, 2.05) is 39.8 Å². The number of nitrogens with zero attached hydrogens (tertiary/aromatic N) is 1. The molecule has 0 aromatic heterocycles. The summed E-state index contributed by atoms with van der Waals surface area (Å²) in [5.41, 5.74) is 4.74. The van der Waals surface area contributed by atoms with Crippen molar-refractivity contribution in [2.75, 3.05) is 13.2 Å². The van der Waals surface area contributed by atoms with Gasteiger partial charge in [0.15, 0.2) is 11.5 Å². The van der Waals surface area contributed by atoms with Gasteiger partial charge in [-0.3, -0.25) is 9.59 Å². The first-order valence-electron chi connectivity index (χ1n) is 10.4. The van der Waals surface area contributed by atoms with Crippen LogP contribution >= 0.6 is 0 Å². The lowest BCUT2D eigenvalue weighted by molar-refractivity contribution is -0.123. The number of hydrogen-bond donors (Lipinski definition) is 2. The van der Waals surface area contributed by atoms with Crippen LogP contribution < -0.4 is 20.2 Å². The maximum atomic E-state index is 12.6. The van der Waals surface area contributed by atoms with Crippen molar-refractivity contribution in [1.82, 2.24) is 10.7 Å². The van der Waals surface area contributed by atoms with Gasteiger partial charge in [-0.25, -0.2) is 5.43 Å². The van der Waals surface area contributed by atoms with E-state index in [-0.39, 0.29) is 18.4 Å². The van der Waals surface area contributed by atoms with Gasteiger partial charge in [0, 0.05) is 5.56 Å². The van der Waals surface area contributed by atoms with Crippen LogP contribution in [0.2, 0.25) is 0 Å². The van der Waals surface area contributed by atoms with Crippen molar-refractivity contribution in [3.05, 3.63) is 59.2 Å². The minimum atomic E-state index is -0.737. The third-order valence-electron chi connectivity index (χ3n) is 4.52. The zero-order valence-corrected chi connectivity index (χ0v) is 18.8. The molecule has 0 heterocycles. The average Bonchev–Trinajstić information content (AvgIpc) is 2.77. The SMILES string of the molecule is C#CCOc1ccc(/C=N\NC(=O)C(NC(=O)c2ccc(C)cc2)C(C)C)cc1OCC. The van der Waals surface area contributed by atoms with Gasteiger partial charge in [-0.2, -0.15) is 5.10 Å². The predicted octanol–water partition coefficient (Wildman–Crippen LogP) is 3.31. The van der Waals surface area contributed by atoms with Crippen molar-refractivity contribution in [3.8, 4) is 23.8 Å². The molecule has 2 aromatic carbocycles. The normalized spacial score (nSPS) is 11.6. The molecule has 0 fully saturated rings. The molecule has 168 valence electrons. The summed E-state index contributed by atoms with van der Waals surface area (Å²) >= 11 is 0. The summed E-state index contributed by atoms with van der Waals surface area (Å²) in [4.78, 5) is 25.1. The van der Waals surface area contributed by atoms with E-state index < -0.39 is 11.9 Å². The number of hydrogen-bond acceptors (Lipinski definition) is 5. The quantitative estimate of drug-likeness (QED) is 0.340. The van der Waals surface area contributed by atoms with Crippen LogP contribution in [0.5, 0.6) is 11.5 Å². The van der Waals surface area contributed by atoms with Gasteiger partial charge in [-0.1, -0.05) is 37.5 Å². The summed E-state index contributed by atoms with van der Waals surface area (Å²) < 4.78 is 11.0. The monoisotopic (exact) mass is 435 g/mol. The Kier molecular flexibility index (Phi) is 9.30. The predicted molar refractivity (Wildman–Crippen MR) is 125 cm³/mol. The van der Waals surface area contributed by atoms with Crippen molar-refractivity contribution >= 4 is 18.0 Å². The number of rotatable bonds is 10. The maximum Gasteiger partial charge on any atom is 0.262 e. The highest BCUT2D eigenvalue weighted by atomic mass is 16.5. The molecule has 0 saturated heterocycles. The molecule has 0 saturated carbocycles. The second-order valence-electron chi connectivity index (χ2n) is 7.43. The number of carbonyl (C=O) groups is 2. The number of nitrogens with one attached hydrogen (secondary N) is 2. The molecule has 0 aliphatic rings. The molecule has 32 heavy (non-hydrogen) atoms. The van der Waals surface area contributed by atoms with E-state index in [2.05, 4.69) is 21.8 Å². The van der Waals surface area contributed by atoms with Gasteiger partial charge in [0.1, 0.15) is 12.6 Å². The zero-order chi connectivity index (χ0) is 23.5. The number of ether oxygens (including phenoxy) is 2. The Labute approximate surface area is 189 Å². The number of hydrazone groups is 1. The van der Waals surface area contributed by atoms with E-state index in [0.29, 0.717) is 29.2 Å². The van der Waals surface area contributed by atoms with Crippen LogP contribution in [0.25, 0.3) is 0 Å². The van der Waals surface area contributed by atoms with Crippen LogP contribution in [-0.4, -0.2) is 37.3 Å². The maximum absolute atomic E-state index is 12.6. The summed E-state index contributed by atoms with van der Waals surface area (Å²) in [7, 11) is 0. The molecule has 2 aromatic rings. The number of benzene rings is 2. The third kappa shape index (κ3) is 7.17. The lowest BCUT2D eigenvalue weighted by Crippen LogP contribution is -2.48. The molecule has 1 unspecified atom stereocenters. The van der Waals surface area contributed by atoms with Gasteiger partial charge in [-0.15, -0.1) is 6.42 Å². The van der Waals surface area contributed by atoms with Gasteiger partial charge in [0.05, 0.1) is 12.8 Å². The second kappa shape index (κ2) is 12.2. The van der Waals surface area contributed by atoms with Crippen LogP contribution in [0.15, 0.2) is 47.6 Å². The Morgan fingerprint density at radius 2 is 1.84 bits per heavy atom. The number of aryl methyl sites for hydroxylation is 1. The van der Waals surface area contributed by atoms with E-state index in [4.69, 9.17) is 15.9 Å². The Morgan fingerprint density at radius 3 is 2.47 bits per heavy atom. The highest BCUT2D eigenvalue weighted by Crippen LogP contribution is 2.28. The van der Waals surface area contributed by atoms with Crippen molar-refractivity contribution in [3.63, 3.8) is 0 Å². The first-order chi connectivity index (χ1) is 15.3. The molecular weight excluding hydrogens is 406 g/mol. The molecule has 2 amide bonds. The number of amides is 2. The lowest BCUT2D eigenvalue weighted by Gasteiger charge is -2.20. The van der Waals surface area contributed by atoms with Crippen LogP contribution in [0.1, 0.15) is 42.3 Å². The smallest absolute Gasteiger partial charge is 0.262 e. The highest BCUT2D eigenvalue weighted by molar-refractivity contribution is 5.97. The van der Waals surface area contributed by atoms with E-state index >= 15 is 0 Å². The van der Waals surface area contributed by atoms with E-state index in [1.165, 1.54) is 6.21 Å². The minimum absolute atomic E-state index is 0.128. The summed E-state index contributed by atoms with van der Waals surface area (Å²) in [6.45, 7) is 8.11. The van der Waals surface area contributed by atoms with Crippen LogP contribution in [-0.2, 0) is 4.79 Å². The van der Waals surface area contributed by atoms with Gasteiger partial charge >= 0.3 is 0 Å². The average molecular weight is 436 g/mol. The van der Waals surface area contributed by atoms with Gasteiger partial charge < -0.3 is 14.8 Å². The molecule has 7 nitrogen and oxygen atoms in total. The van der Waals surface area contributed by atoms with Crippen molar-refractivity contribution in [1.29, 1.82) is 0 Å². The molecule has 2 N–H and O–H groups in total. The highest BCUT2D eigenvalue weighted by Gasteiger charge is 2.24. The molecule has 0 radical (unpaired) electrons. The fraction of sp³-hybridized carbons (Fsp3) is 0.320. The Hall–Kier alpha value is -3.79. The standard InChI is InChI=1S/C25H29N3O4/c1-6-14-32-21-13-10-19(15-22(21)31-7-2)16-26-28-25(30)23(17(3)4)27-24(29)20-11-8-18(5)9-12-20/h1,8-13,15-17,23H,7,14H2,2-5H3,(H,27,29)(H,28,30)/b26-16-.